The number of hydrogen-bond donors (Lipinski definition) is 0. The van der Waals surface area contributed by atoms with Gasteiger partial charge in [-0.1, -0.05) is 35.9 Å². The molecule has 2 aromatic carbocycles. The lowest BCUT2D eigenvalue weighted by Crippen LogP contribution is -1.91. The van der Waals surface area contributed by atoms with Gasteiger partial charge in [-0.05, 0) is 49.4 Å². The highest BCUT2D eigenvalue weighted by molar-refractivity contribution is 6.29. The molecule has 3 nitrogen and oxygen atoms in total. The molecule has 0 radical (unpaired) electrons. The Balaban J connectivity index is 1.73. The van der Waals surface area contributed by atoms with Crippen LogP contribution >= 0.6 is 11.6 Å². The third-order valence-corrected chi connectivity index (χ3v) is 3.24. The summed E-state index contributed by atoms with van der Waals surface area (Å²) in [6, 6.07) is 20.6. The molecule has 0 atom stereocenters. The second kappa shape index (κ2) is 6.50. The van der Waals surface area contributed by atoms with Crippen LogP contribution in [0, 0.1) is 6.92 Å². The molecule has 22 heavy (non-hydrogen) atoms. The van der Waals surface area contributed by atoms with Crippen LogP contribution in [0.1, 0.15) is 5.56 Å². The van der Waals surface area contributed by atoms with Crippen molar-refractivity contribution >= 4 is 11.6 Å². The molecule has 0 bridgehead atoms. The first-order chi connectivity index (χ1) is 10.7. The Morgan fingerprint density at radius 3 is 2.00 bits per heavy atom. The van der Waals surface area contributed by atoms with Gasteiger partial charge in [-0.2, -0.15) is 0 Å². The summed E-state index contributed by atoms with van der Waals surface area (Å²) in [4.78, 5) is 4.17. The summed E-state index contributed by atoms with van der Waals surface area (Å²) in [5, 5.41) is 0.407. The number of para-hydroxylation sites is 1. The molecule has 0 aliphatic rings. The van der Waals surface area contributed by atoms with Crippen LogP contribution < -0.4 is 9.47 Å². The van der Waals surface area contributed by atoms with E-state index < -0.39 is 0 Å². The van der Waals surface area contributed by atoms with Crippen molar-refractivity contribution in [3.8, 4) is 23.1 Å². The second-order valence-electron chi connectivity index (χ2n) is 4.74. The Bertz CT molecular complexity index is 758. The molecule has 1 heterocycles. The second-order valence-corrected chi connectivity index (χ2v) is 5.13. The zero-order chi connectivity index (χ0) is 15.4. The van der Waals surface area contributed by atoms with E-state index in [1.165, 1.54) is 0 Å². The van der Waals surface area contributed by atoms with Crippen molar-refractivity contribution in [1.82, 2.24) is 4.98 Å². The normalized spacial score (nSPS) is 10.3. The van der Waals surface area contributed by atoms with Gasteiger partial charge in [0.25, 0.3) is 0 Å². The molecular weight excluding hydrogens is 298 g/mol. The highest BCUT2D eigenvalue weighted by Gasteiger charge is 2.05. The summed E-state index contributed by atoms with van der Waals surface area (Å²) < 4.78 is 11.5. The van der Waals surface area contributed by atoms with Gasteiger partial charge in [-0.25, -0.2) is 4.98 Å². The van der Waals surface area contributed by atoms with Gasteiger partial charge < -0.3 is 9.47 Å². The van der Waals surface area contributed by atoms with Gasteiger partial charge in [-0.15, -0.1) is 0 Å². The molecule has 1 aromatic heterocycles. The Morgan fingerprint density at radius 1 is 0.727 bits per heavy atom. The van der Waals surface area contributed by atoms with Crippen molar-refractivity contribution in [2.45, 2.75) is 6.92 Å². The molecular formula is C18H14ClNO2. The Kier molecular flexibility index (Phi) is 4.26. The highest BCUT2D eigenvalue weighted by atomic mass is 35.5. The Hall–Kier alpha value is -2.52. The monoisotopic (exact) mass is 311 g/mol. The number of ether oxygens (including phenoxy) is 2. The molecule has 0 fully saturated rings. The standard InChI is InChI=1S/C18H14ClNO2/c1-13-7-12-17(19)20-18(13)22-16-10-8-15(9-11-16)21-14-5-3-2-4-6-14/h2-12H,1H3. The van der Waals surface area contributed by atoms with Gasteiger partial charge in [0.2, 0.25) is 5.88 Å². The van der Waals surface area contributed by atoms with Crippen molar-refractivity contribution in [2.75, 3.05) is 0 Å². The number of nitrogens with zero attached hydrogens (tertiary/aromatic N) is 1. The van der Waals surface area contributed by atoms with Gasteiger partial charge in [0.05, 0.1) is 0 Å². The summed E-state index contributed by atoms with van der Waals surface area (Å²) >= 11 is 5.89. The van der Waals surface area contributed by atoms with E-state index in [1.807, 2.05) is 67.6 Å². The first-order valence-corrected chi connectivity index (χ1v) is 7.22. The van der Waals surface area contributed by atoms with Crippen molar-refractivity contribution in [3.63, 3.8) is 0 Å². The molecule has 4 heteroatoms. The minimum atomic E-state index is 0.407. The average Bonchev–Trinajstić information content (AvgIpc) is 2.54. The number of rotatable bonds is 4. The molecule has 3 aromatic rings. The maximum absolute atomic E-state index is 5.89. The lowest BCUT2D eigenvalue weighted by Gasteiger charge is -2.09. The highest BCUT2D eigenvalue weighted by Crippen LogP contribution is 2.28. The van der Waals surface area contributed by atoms with Crippen molar-refractivity contribution in [1.29, 1.82) is 0 Å². The van der Waals surface area contributed by atoms with E-state index in [9.17, 15) is 0 Å². The molecule has 0 spiro atoms. The van der Waals surface area contributed by atoms with E-state index in [4.69, 9.17) is 21.1 Å². The van der Waals surface area contributed by atoms with Crippen molar-refractivity contribution in [3.05, 3.63) is 77.4 Å². The lowest BCUT2D eigenvalue weighted by atomic mass is 10.3. The fourth-order valence-corrected chi connectivity index (χ4v) is 2.04. The first-order valence-electron chi connectivity index (χ1n) is 6.85. The topological polar surface area (TPSA) is 31.4 Å². The molecule has 0 saturated carbocycles. The minimum absolute atomic E-state index is 0.407. The van der Waals surface area contributed by atoms with E-state index in [2.05, 4.69) is 4.98 Å². The van der Waals surface area contributed by atoms with Gasteiger partial charge >= 0.3 is 0 Å². The maximum Gasteiger partial charge on any atom is 0.223 e. The maximum atomic E-state index is 5.89. The van der Waals surface area contributed by atoms with E-state index in [1.54, 1.807) is 6.07 Å². The molecule has 0 amide bonds. The Morgan fingerprint density at radius 2 is 1.32 bits per heavy atom. The number of aryl methyl sites for hydroxylation is 1. The minimum Gasteiger partial charge on any atom is -0.457 e. The van der Waals surface area contributed by atoms with E-state index in [0.717, 1.165) is 17.1 Å². The Labute approximate surface area is 134 Å². The van der Waals surface area contributed by atoms with Gasteiger partial charge in [-0.3, -0.25) is 0 Å². The smallest absolute Gasteiger partial charge is 0.223 e. The third-order valence-electron chi connectivity index (χ3n) is 3.03. The van der Waals surface area contributed by atoms with Crippen LogP contribution in [0.15, 0.2) is 66.7 Å². The third kappa shape index (κ3) is 3.57. The molecule has 110 valence electrons. The number of halogens is 1. The summed E-state index contributed by atoms with van der Waals surface area (Å²) in [5.74, 6) is 2.72. The zero-order valence-electron chi connectivity index (χ0n) is 12.0. The molecule has 0 aliphatic carbocycles. The van der Waals surface area contributed by atoms with E-state index in [-0.39, 0.29) is 0 Å². The SMILES string of the molecule is Cc1ccc(Cl)nc1Oc1ccc(Oc2ccccc2)cc1. The van der Waals surface area contributed by atoms with Crippen LogP contribution in [-0.2, 0) is 0 Å². The van der Waals surface area contributed by atoms with Crippen LogP contribution in [0.2, 0.25) is 5.15 Å². The predicted octanol–water partition coefficient (Wildman–Crippen LogP) is 5.63. The molecule has 0 N–H and O–H groups in total. The summed E-state index contributed by atoms with van der Waals surface area (Å²) in [6.45, 7) is 1.92. The van der Waals surface area contributed by atoms with Gasteiger partial charge in [0.1, 0.15) is 22.4 Å². The zero-order valence-corrected chi connectivity index (χ0v) is 12.7. The number of hydrogen-bond acceptors (Lipinski definition) is 3. The van der Waals surface area contributed by atoms with Crippen LogP contribution in [-0.4, -0.2) is 4.98 Å². The summed E-state index contributed by atoms with van der Waals surface area (Å²) in [7, 11) is 0. The van der Waals surface area contributed by atoms with Gasteiger partial charge in [0.15, 0.2) is 0 Å². The van der Waals surface area contributed by atoms with Crippen molar-refractivity contribution in [2.24, 2.45) is 0 Å². The molecule has 3 rings (SSSR count). The van der Waals surface area contributed by atoms with E-state index in [0.29, 0.717) is 16.8 Å². The molecule has 0 aliphatic heterocycles. The van der Waals surface area contributed by atoms with Gasteiger partial charge in [0, 0.05) is 5.56 Å². The quantitative estimate of drug-likeness (QED) is 0.585. The largest absolute Gasteiger partial charge is 0.457 e. The number of benzene rings is 2. The van der Waals surface area contributed by atoms with Crippen LogP contribution in [0.5, 0.6) is 23.1 Å². The predicted molar refractivity (Wildman–Crippen MR) is 87.0 cm³/mol. The fourth-order valence-electron chi connectivity index (χ4n) is 1.90. The summed E-state index contributed by atoms with van der Waals surface area (Å²) in [6.07, 6.45) is 0. The fraction of sp³-hybridized carbons (Fsp3) is 0.0556. The molecule has 0 saturated heterocycles. The average molecular weight is 312 g/mol. The van der Waals surface area contributed by atoms with E-state index >= 15 is 0 Å². The van der Waals surface area contributed by atoms with Crippen molar-refractivity contribution < 1.29 is 9.47 Å². The summed E-state index contributed by atoms with van der Waals surface area (Å²) in [5.41, 5.74) is 0.925. The lowest BCUT2D eigenvalue weighted by molar-refractivity contribution is 0.453. The van der Waals surface area contributed by atoms with Crippen LogP contribution in [0.25, 0.3) is 0 Å². The first kappa shape index (κ1) is 14.4. The van der Waals surface area contributed by atoms with Crippen LogP contribution in [0.4, 0.5) is 0 Å². The van der Waals surface area contributed by atoms with Crippen LogP contribution in [0.3, 0.4) is 0 Å². The molecule has 0 unspecified atom stereocenters. The number of pyridine rings is 1. The number of aromatic nitrogens is 1.